The minimum absolute atomic E-state index is 0.111. The van der Waals surface area contributed by atoms with Crippen LogP contribution in [0.2, 0.25) is 5.02 Å². The second-order valence-corrected chi connectivity index (χ2v) is 9.41. The van der Waals surface area contributed by atoms with Crippen molar-refractivity contribution in [2.24, 2.45) is 0 Å². The van der Waals surface area contributed by atoms with Crippen LogP contribution in [0.3, 0.4) is 0 Å². The van der Waals surface area contributed by atoms with Gasteiger partial charge in [-0.05, 0) is 36.4 Å². The maximum Gasteiger partial charge on any atom is 0.264 e. The lowest BCUT2D eigenvalue weighted by Gasteiger charge is -2.19. The maximum atomic E-state index is 14.1. The summed E-state index contributed by atoms with van der Waals surface area (Å²) in [5.41, 5.74) is -0.225. The van der Waals surface area contributed by atoms with Crippen LogP contribution in [-0.2, 0) is 10.0 Å². The first-order valence-electron chi connectivity index (χ1n) is 10.0. The molecule has 4 aromatic rings. The number of benzene rings is 3. The molecule has 0 aliphatic rings. The quantitative estimate of drug-likeness (QED) is 0.364. The molecule has 1 unspecified atom stereocenters. The third-order valence-corrected chi connectivity index (χ3v) is 6.65. The fourth-order valence-corrected chi connectivity index (χ4v) is 4.81. The highest BCUT2D eigenvalue weighted by Gasteiger charge is 2.25. The average Bonchev–Trinajstić information content (AvgIpc) is 2.82. The molecule has 3 aromatic carbocycles. The Labute approximate surface area is 203 Å². The van der Waals surface area contributed by atoms with Crippen molar-refractivity contribution >= 4 is 44.3 Å². The number of nitrogens with one attached hydrogen (secondary N) is 2. The zero-order valence-electron chi connectivity index (χ0n) is 17.7. The smallest absolute Gasteiger partial charge is 0.264 e. The number of hydrogen-bond donors (Lipinski definition) is 2. The molecule has 180 valence electrons. The summed E-state index contributed by atoms with van der Waals surface area (Å²) in [6.07, 6.45) is 2.75. The van der Waals surface area contributed by atoms with Crippen LogP contribution in [0.15, 0.2) is 71.9 Å². The Morgan fingerprint density at radius 2 is 1.80 bits per heavy atom. The molecule has 1 aromatic heterocycles. The van der Waals surface area contributed by atoms with Crippen molar-refractivity contribution < 1.29 is 26.4 Å². The van der Waals surface area contributed by atoms with E-state index in [0.29, 0.717) is 11.6 Å². The zero-order valence-corrected chi connectivity index (χ0v) is 19.2. The molecule has 2 N–H and O–H groups in total. The molecule has 7 nitrogen and oxygen atoms in total. The van der Waals surface area contributed by atoms with E-state index in [1.54, 1.807) is 6.07 Å². The van der Waals surface area contributed by atoms with Gasteiger partial charge < -0.3 is 5.32 Å². The summed E-state index contributed by atoms with van der Waals surface area (Å²) < 4.78 is 69.7. The van der Waals surface area contributed by atoms with E-state index in [0.717, 1.165) is 12.1 Å². The second kappa shape index (κ2) is 9.88. The van der Waals surface area contributed by atoms with Gasteiger partial charge in [-0.3, -0.25) is 19.5 Å². The standard InChI is InChI=1S/C23H16ClF3N4O3S/c24-13-4-6-16(23(32)30-20(12-25)15-7-5-14(26)11-17(15)27)19(10-13)31-35(33,34)21-3-1-2-18-22(21)29-9-8-28-18/h1-11,20,31H,12H2,(H,30,32). The van der Waals surface area contributed by atoms with Crippen molar-refractivity contribution in [3.63, 3.8) is 0 Å². The van der Waals surface area contributed by atoms with E-state index in [1.807, 2.05) is 0 Å². The monoisotopic (exact) mass is 520 g/mol. The van der Waals surface area contributed by atoms with Crippen molar-refractivity contribution in [1.29, 1.82) is 0 Å². The lowest BCUT2D eigenvalue weighted by atomic mass is 10.1. The van der Waals surface area contributed by atoms with Crippen LogP contribution in [-0.4, -0.2) is 31.0 Å². The van der Waals surface area contributed by atoms with Crippen molar-refractivity contribution in [3.8, 4) is 0 Å². The number of anilines is 1. The van der Waals surface area contributed by atoms with Crippen LogP contribution < -0.4 is 10.0 Å². The minimum Gasteiger partial charge on any atom is -0.342 e. The molecule has 0 spiro atoms. The van der Waals surface area contributed by atoms with Gasteiger partial charge in [0, 0.05) is 29.0 Å². The first-order chi connectivity index (χ1) is 16.7. The lowest BCUT2D eigenvalue weighted by Crippen LogP contribution is -2.31. The topological polar surface area (TPSA) is 101 Å². The Morgan fingerprint density at radius 3 is 2.54 bits per heavy atom. The highest BCUT2D eigenvalue weighted by molar-refractivity contribution is 7.93. The summed E-state index contributed by atoms with van der Waals surface area (Å²) in [7, 11) is -4.28. The van der Waals surface area contributed by atoms with Gasteiger partial charge in [0.15, 0.2) is 0 Å². The largest absolute Gasteiger partial charge is 0.342 e. The summed E-state index contributed by atoms with van der Waals surface area (Å²) in [6, 6.07) is 9.23. The highest BCUT2D eigenvalue weighted by atomic mass is 35.5. The van der Waals surface area contributed by atoms with Gasteiger partial charge in [0.05, 0.1) is 22.8 Å². The van der Waals surface area contributed by atoms with E-state index in [4.69, 9.17) is 11.6 Å². The summed E-state index contributed by atoms with van der Waals surface area (Å²) >= 11 is 6.02. The molecule has 1 heterocycles. The van der Waals surface area contributed by atoms with E-state index >= 15 is 0 Å². The molecule has 0 radical (unpaired) electrons. The van der Waals surface area contributed by atoms with Crippen LogP contribution in [0.1, 0.15) is 22.0 Å². The SMILES string of the molecule is O=C(NC(CF)c1ccc(F)cc1F)c1ccc(Cl)cc1NS(=O)(=O)c1cccc2nccnc12. The number of aromatic nitrogens is 2. The fraction of sp³-hybridized carbons (Fsp3) is 0.0870. The van der Waals surface area contributed by atoms with E-state index in [-0.39, 0.29) is 32.2 Å². The first-order valence-corrected chi connectivity index (χ1v) is 11.9. The van der Waals surface area contributed by atoms with Gasteiger partial charge >= 0.3 is 0 Å². The number of para-hydroxylation sites is 1. The molecule has 35 heavy (non-hydrogen) atoms. The predicted molar refractivity (Wildman–Crippen MR) is 124 cm³/mol. The average molecular weight is 521 g/mol. The molecule has 0 aliphatic heterocycles. The molecule has 0 aliphatic carbocycles. The van der Waals surface area contributed by atoms with E-state index in [2.05, 4.69) is 20.0 Å². The highest BCUT2D eigenvalue weighted by Crippen LogP contribution is 2.28. The van der Waals surface area contributed by atoms with Crippen molar-refractivity contribution in [2.45, 2.75) is 10.9 Å². The number of nitrogens with zero attached hydrogens (tertiary/aromatic N) is 2. The molecule has 0 fully saturated rings. The van der Waals surface area contributed by atoms with Crippen molar-refractivity contribution in [3.05, 3.63) is 94.8 Å². The number of sulfonamides is 1. The number of alkyl halides is 1. The van der Waals surface area contributed by atoms with Gasteiger partial charge in [-0.25, -0.2) is 21.6 Å². The van der Waals surface area contributed by atoms with Gasteiger partial charge in [-0.15, -0.1) is 0 Å². The molecular weight excluding hydrogens is 505 g/mol. The Balaban J connectivity index is 1.68. The number of amides is 1. The second-order valence-electron chi connectivity index (χ2n) is 7.32. The van der Waals surface area contributed by atoms with Gasteiger partial charge in [0.1, 0.15) is 28.7 Å². The molecule has 1 atom stereocenters. The van der Waals surface area contributed by atoms with E-state index in [1.165, 1.54) is 42.7 Å². The molecule has 0 saturated heterocycles. The number of carbonyl (C=O) groups is 1. The summed E-state index contributed by atoms with van der Waals surface area (Å²) in [5, 5.41) is 2.41. The molecule has 0 bridgehead atoms. The zero-order chi connectivity index (χ0) is 25.2. The maximum absolute atomic E-state index is 14.1. The third kappa shape index (κ3) is 5.20. The molecule has 1 amide bonds. The lowest BCUT2D eigenvalue weighted by molar-refractivity contribution is 0.0930. The fourth-order valence-electron chi connectivity index (χ4n) is 3.40. The Kier molecular flexibility index (Phi) is 6.90. The predicted octanol–water partition coefficient (Wildman–Crippen LogP) is 4.80. The number of carbonyl (C=O) groups excluding carboxylic acids is 1. The van der Waals surface area contributed by atoms with E-state index in [9.17, 15) is 26.4 Å². The van der Waals surface area contributed by atoms with Gasteiger partial charge in [0.2, 0.25) is 0 Å². The van der Waals surface area contributed by atoms with Crippen LogP contribution in [0, 0.1) is 11.6 Å². The number of halogens is 4. The number of hydrogen-bond acceptors (Lipinski definition) is 5. The van der Waals surface area contributed by atoms with Crippen molar-refractivity contribution in [2.75, 3.05) is 11.4 Å². The third-order valence-electron chi connectivity index (χ3n) is 5.02. The summed E-state index contributed by atoms with van der Waals surface area (Å²) in [6.45, 7) is -1.20. The summed E-state index contributed by atoms with van der Waals surface area (Å²) in [4.78, 5) is 20.9. The van der Waals surface area contributed by atoms with Gasteiger partial charge in [0.25, 0.3) is 15.9 Å². The number of rotatable bonds is 7. The van der Waals surface area contributed by atoms with Crippen LogP contribution in [0.5, 0.6) is 0 Å². The Bertz CT molecular complexity index is 1530. The Hall–Kier alpha value is -3.70. The molecular formula is C23H16ClF3N4O3S. The van der Waals surface area contributed by atoms with Gasteiger partial charge in [-0.1, -0.05) is 23.7 Å². The van der Waals surface area contributed by atoms with Crippen molar-refractivity contribution in [1.82, 2.24) is 15.3 Å². The minimum atomic E-state index is -4.28. The summed E-state index contributed by atoms with van der Waals surface area (Å²) in [5.74, 6) is -2.81. The Morgan fingerprint density at radius 1 is 1.03 bits per heavy atom. The van der Waals surface area contributed by atoms with Crippen LogP contribution in [0.25, 0.3) is 11.0 Å². The first kappa shape index (κ1) is 24.4. The molecule has 12 heteroatoms. The van der Waals surface area contributed by atoms with Crippen LogP contribution in [0.4, 0.5) is 18.9 Å². The van der Waals surface area contributed by atoms with Gasteiger partial charge in [-0.2, -0.15) is 0 Å². The molecule has 0 saturated carbocycles. The molecule has 4 rings (SSSR count). The van der Waals surface area contributed by atoms with Crippen LogP contribution >= 0.6 is 11.6 Å². The normalized spacial score (nSPS) is 12.3. The number of fused-ring (bicyclic) bond motifs is 1. The van der Waals surface area contributed by atoms with E-state index < -0.39 is 40.3 Å².